The van der Waals surface area contributed by atoms with Crippen molar-refractivity contribution in [1.82, 2.24) is 10.4 Å². The number of nitrogens with one attached hydrogen (secondary N) is 1. The normalized spacial score (nSPS) is 10.9. The third-order valence-electron chi connectivity index (χ3n) is 2.99. The van der Waals surface area contributed by atoms with Crippen LogP contribution in [-0.4, -0.2) is 30.2 Å². The van der Waals surface area contributed by atoms with E-state index in [1.54, 1.807) is 36.7 Å². The first-order valence-electron chi connectivity index (χ1n) is 6.93. The molecule has 5 nitrogen and oxygen atoms in total. The molecule has 2 aromatic rings. The maximum absolute atomic E-state index is 11.9. The maximum atomic E-state index is 11.9. The Balaban J connectivity index is 1.96. The molecule has 0 saturated carbocycles. The lowest BCUT2D eigenvalue weighted by atomic mass is 10.2. The van der Waals surface area contributed by atoms with Gasteiger partial charge in [-0.25, -0.2) is 10.4 Å². The van der Waals surface area contributed by atoms with Crippen LogP contribution in [0.15, 0.2) is 35.6 Å². The molecule has 1 heterocycles. The Hall–Kier alpha value is -1.92. The smallest absolute Gasteiger partial charge is 0.271 e. The van der Waals surface area contributed by atoms with Crippen LogP contribution in [0.5, 0.6) is 0 Å². The molecule has 0 aliphatic heterocycles. The summed E-state index contributed by atoms with van der Waals surface area (Å²) in [5.41, 5.74) is 2.95. The van der Waals surface area contributed by atoms with Crippen LogP contribution < -0.4 is 10.3 Å². The van der Waals surface area contributed by atoms with Gasteiger partial charge in [-0.2, -0.15) is 5.10 Å². The Labute approximate surface area is 138 Å². The van der Waals surface area contributed by atoms with Gasteiger partial charge in [-0.1, -0.05) is 29.0 Å². The van der Waals surface area contributed by atoms with Crippen molar-refractivity contribution < 1.29 is 4.79 Å². The molecule has 0 saturated heterocycles. The van der Waals surface area contributed by atoms with Gasteiger partial charge in [0.15, 0.2) is 5.13 Å². The number of hydrogen-bond acceptors (Lipinski definition) is 5. The molecule has 116 valence electrons. The minimum atomic E-state index is -0.299. The molecule has 0 unspecified atom stereocenters. The fourth-order valence-corrected chi connectivity index (χ4v) is 2.93. The van der Waals surface area contributed by atoms with E-state index in [4.69, 9.17) is 11.6 Å². The number of nitrogens with zero attached hydrogens (tertiary/aromatic N) is 3. The lowest BCUT2D eigenvalue weighted by molar-refractivity contribution is 0.0955. The second-order valence-electron chi connectivity index (χ2n) is 4.43. The summed E-state index contributed by atoms with van der Waals surface area (Å²) in [5.74, 6) is -0.299. The van der Waals surface area contributed by atoms with Gasteiger partial charge in [0.1, 0.15) is 0 Å². The number of halogens is 1. The van der Waals surface area contributed by atoms with Crippen LogP contribution >= 0.6 is 22.9 Å². The molecule has 1 aromatic carbocycles. The van der Waals surface area contributed by atoms with Gasteiger partial charge < -0.3 is 4.90 Å². The van der Waals surface area contributed by atoms with Gasteiger partial charge in [0.2, 0.25) is 0 Å². The highest BCUT2D eigenvalue weighted by Gasteiger charge is 2.07. The average molecular weight is 337 g/mol. The number of amides is 1. The molecular weight excluding hydrogens is 320 g/mol. The first-order valence-corrected chi connectivity index (χ1v) is 8.13. The van der Waals surface area contributed by atoms with Gasteiger partial charge in [0.05, 0.1) is 11.1 Å². The quantitative estimate of drug-likeness (QED) is 0.649. The number of aromatic nitrogens is 1. The third kappa shape index (κ3) is 4.29. The molecule has 1 N–H and O–H groups in total. The fourth-order valence-electron chi connectivity index (χ4n) is 1.83. The standard InChI is InChI=1S/C15H17ClN4OS/c1-3-20(4-2)15-17-9-13(22-15)10-18-19-14(21)11-6-5-7-12(16)8-11/h5-10H,3-4H2,1-2H3,(H,19,21)/b18-10-. The summed E-state index contributed by atoms with van der Waals surface area (Å²) in [5, 5.41) is 5.42. The summed E-state index contributed by atoms with van der Waals surface area (Å²) >= 11 is 7.38. The number of carbonyl (C=O) groups excluding carboxylic acids is 1. The van der Waals surface area contributed by atoms with E-state index in [2.05, 4.69) is 34.3 Å². The zero-order valence-corrected chi connectivity index (χ0v) is 14.0. The van der Waals surface area contributed by atoms with Crippen molar-refractivity contribution in [3.05, 3.63) is 45.9 Å². The minimum Gasteiger partial charge on any atom is -0.349 e. The third-order valence-corrected chi connectivity index (χ3v) is 4.22. The van der Waals surface area contributed by atoms with Crippen molar-refractivity contribution in [3.63, 3.8) is 0 Å². The Morgan fingerprint density at radius 1 is 1.45 bits per heavy atom. The van der Waals surface area contributed by atoms with Crippen molar-refractivity contribution in [2.45, 2.75) is 13.8 Å². The van der Waals surface area contributed by atoms with Gasteiger partial charge >= 0.3 is 0 Å². The zero-order valence-electron chi connectivity index (χ0n) is 12.4. The van der Waals surface area contributed by atoms with Crippen LogP contribution in [-0.2, 0) is 0 Å². The predicted molar refractivity (Wildman–Crippen MR) is 92.2 cm³/mol. The minimum absolute atomic E-state index is 0.299. The van der Waals surface area contributed by atoms with Crippen molar-refractivity contribution in [1.29, 1.82) is 0 Å². The van der Waals surface area contributed by atoms with Crippen molar-refractivity contribution in [3.8, 4) is 0 Å². The van der Waals surface area contributed by atoms with Crippen LogP contribution in [0.2, 0.25) is 5.02 Å². The molecule has 7 heteroatoms. The molecule has 1 aromatic heterocycles. The van der Waals surface area contributed by atoms with E-state index in [1.165, 1.54) is 11.3 Å². The van der Waals surface area contributed by atoms with E-state index in [0.29, 0.717) is 10.6 Å². The average Bonchev–Trinajstić information content (AvgIpc) is 2.97. The van der Waals surface area contributed by atoms with Crippen LogP contribution in [0.3, 0.4) is 0 Å². The Bertz CT molecular complexity index is 667. The Morgan fingerprint density at radius 3 is 2.91 bits per heavy atom. The largest absolute Gasteiger partial charge is 0.349 e. The summed E-state index contributed by atoms with van der Waals surface area (Å²) in [4.78, 5) is 19.3. The number of benzene rings is 1. The van der Waals surface area contributed by atoms with Crippen LogP contribution in [0, 0.1) is 0 Å². The molecule has 0 aliphatic carbocycles. The number of rotatable bonds is 6. The highest BCUT2D eigenvalue weighted by molar-refractivity contribution is 7.17. The maximum Gasteiger partial charge on any atom is 0.271 e. The van der Waals surface area contributed by atoms with Gasteiger partial charge in [-0.3, -0.25) is 4.79 Å². The zero-order chi connectivity index (χ0) is 15.9. The highest BCUT2D eigenvalue weighted by atomic mass is 35.5. The molecule has 0 aliphatic rings. The summed E-state index contributed by atoms with van der Waals surface area (Å²) in [6.07, 6.45) is 3.33. The van der Waals surface area contributed by atoms with Crippen LogP contribution in [0.25, 0.3) is 0 Å². The van der Waals surface area contributed by atoms with Crippen molar-refractivity contribution >= 4 is 40.2 Å². The molecule has 1 amide bonds. The number of carbonyl (C=O) groups is 1. The van der Waals surface area contributed by atoms with Crippen molar-refractivity contribution in [2.75, 3.05) is 18.0 Å². The summed E-state index contributed by atoms with van der Waals surface area (Å²) in [7, 11) is 0. The van der Waals surface area contributed by atoms with E-state index in [1.807, 2.05) is 0 Å². The SMILES string of the molecule is CCN(CC)c1ncc(/C=N\NC(=O)c2cccc(Cl)c2)s1. The molecular formula is C15H17ClN4OS. The molecule has 0 atom stereocenters. The first-order chi connectivity index (χ1) is 10.6. The monoisotopic (exact) mass is 336 g/mol. The molecule has 2 rings (SSSR count). The van der Waals surface area contributed by atoms with E-state index in [-0.39, 0.29) is 5.91 Å². The number of hydrogen-bond donors (Lipinski definition) is 1. The summed E-state index contributed by atoms with van der Waals surface area (Å²) < 4.78 is 0. The topological polar surface area (TPSA) is 57.6 Å². The first kappa shape index (κ1) is 16.5. The number of anilines is 1. The fraction of sp³-hybridized carbons (Fsp3) is 0.267. The Kier molecular flexibility index (Phi) is 5.91. The summed E-state index contributed by atoms with van der Waals surface area (Å²) in [6, 6.07) is 6.72. The van der Waals surface area contributed by atoms with Crippen molar-refractivity contribution in [2.24, 2.45) is 5.10 Å². The Morgan fingerprint density at radius 2 is 2.23 bits per heavy atom. The van der Waals surface area contributed by atoms with E-state index in [0.717, 1.165) is 23.1 Å². The second-order valence-corrected chi connectivity index (χ2v) is 5.90. The molecule has 0 spiro atoms. The molecule has 0 bridgehead atoms. The van der Waals surface area contributed by atoms with Crippen LogP contribution in [0.1, 0.15) is 29.1 Å². The van der Waals surface area contributed by atoms with Gasteiger partial charge in [0, 0.05) is 29.9 Å². The molecule has 0 radical (unpaired) electrons. The molecule has 0 fully saturated rings. The number of hydrazone groups is 1. The molecule has 22 heavy (non-hydrogen) atoms. The highest BCUT2D eigenvalue weighted by Crippen LogP contribution is 2.20. The van der Waals surface area contributed by atoms with E-state index in [9.17, 15) is 4.79 Å². The van der Waals surface area contributed by atoms with E-state index >= 15 is 0 Å². The number of thiazole rings is 1. The van der Waals surface area contributed by atoms with Gasteiger partial charge in [0.25, 0.3) is 5.91 Å². The lowest BCUT2D eigenvalue weighted by Crippen LogP contribution is -2.21. The second kappa shape index (κ2) is 7.91. The van der Waals surface area contributed by atoms with Gasteiger partial charge in [-0.05, 0) is 32.0 Å². The van der Waals surface area contributed by atoms with Crippen LogP contribution in [0.4, 0.5) is 5.13 Å². The van der Waals surface area contributed by atoms with E-state index < -0.39 is 0 Å². The lowest BCUT2D eigenvalue weighted by Gasteiger charge is -2.16. The summed E-state index contributed by atoms with van der Waals surface area (Å²) in [6.45, 7) is 5.99. The van der Waals surface area contributed by atoms with Gasteiger partial charge in [-0.15, -0.1) is 0 Å². The predicted octanol–water partition coefficient (Wildman–Crippen LogP) is 3.41.